The molecule has 0 unspecified atom stereocenters. The van der Waals surface area contributed by atoms with Crippen LogP contribution in [0.5, 0.6) is 0 Å². The van der Waals surface area contributed by atoms with Gasteiger partial charge < -0.3 is 19.9 Å². The van der Waals surface area contributed by atoms with Gasteiger partial charge in [-0.2, -0.15) is 13.2 Å². The van der Waals surface area contributed by atoms with E-state index in [4.69, 9.17) is 26.2 Å². The molecule has 22 heavy (non-hydrogen) atoms. The van der Waals surface area contributed by atoms with Gasteiger partial charge in [0.25, 0.3) is 0 Å². The summed E-state index contributed by atoms with van der Waals surface area (Å²) in [6.45, 7) is 0.901. The summed E-state index contributed by atoms with van der Waals surface area (Å²) in [4.78, 5) is 3.73. The average molecular weight is 341 g/mol. The molecule has 1 fully saturated rings. The van der Waals surface area contributed by atoms with Gasteiger partial charge in [0.15, 0.2) is 0 Å². The highest BCUT2D eigenvalue weighted by atomic mass is 35.5. The van der Waals surface area contributed by atoms with Gasteiger partial charge in [-0.15, -0.1) is 0 Å². The highest BCUT2D eigenvalue weighted by Crippen LogP contribution is 2.32. The lowest BCUT2D eigenvalue weighted by Gasteiger charge is -2.32. The first-order chi connectivity index (χ1) is 10.4. The van der Waals surface area contributed by atoms with Crippen LogP contribution >= 0.6 is 11.6 Å². The van der Waals surface area contributed by atoms with Crippen molar-refractivity contribution in [3.63, 3.8) is 0 Å². The highest BCUT2D eigenvalue weighted by molar-refractivity contribution is 6.33. The lowest BCUT2D eigenvalue weighted by molar-refractivity contribution is -0.137. The summed E-state index contributed by atoms with van der Waals surface area (Å²) in [5.74, 6) is 0.141. The number of ether oxygens (including phenoxy) is 2. The van der Waals surface area contributed by atoms with E-state index >= 15 is 0 Å². The molecule has 0 spiro atoms. The number of anilines is 1. The van der Waals surface area contributed by atoms with Crippen molar-refractivity contribution in [3.8, 4) is 0 Å². The Hall–Kier alpha value is -1.09. The predicted octanol–water partition coefficient (Wildman–Crippen LogP) is 2.33. The molecule has 9 heteroatoms. The van der Waals surface area contributed by atoms with E-state index in [1.54, 1.807) is 0 Å². The fourth-order valence-electron chi connectivity index (χ4n) is 2.13. The van der Waals surface area contributed by atoms with Crippen molar-refractivity contribution in [2.24, 2.45) is 0 Å². The van der Waals surface area contributed by atoms with Gasteiger partial charge in [-0.25, -0.2) is 4.98 Å². The van der Waals surface area contributed by atoms with Crippen molar-refractivity contribution in [3.05, 3.63) is 22.8 Å². The Morgan fingerprint density at radius 2 is 2.27 bits per heavy atom. The molecule has 0 aliphatic carbocycles. The van der Waals surface area contributed by atoms with Crippen LogP contribution in [-0.2, 0) is 15.7 Å². The maximum absolute atomic E-state index is 12.6. The molecule has 1 aromatic rings. The molecule has 124 valence electrons. The number of hydrogen-bond donors (Lipinski definition) is 2. The second-order valence-corrected chi connectivity index (χ2v) is 5.21. The molecule has 2 heterocycles. The van der Waals surface area contributed by atoms with Crippen LogP contribution in [0.3, 0.4) is 0 Å². The van der Waals surface area contributed by atoms with Crippen molar-refractivity contribution < 1.29 is 27.8 Å². The van der Waals surface area contributed by atoms with Crippen LogP contribution in [0.4, 0.5) is 19.0 Å². The Morgan fingerprint density at radius 1 is 1.50 bits per heavy atom. The third-order valence-corrected chi connectivity index (χ3v) is 3.49. The van der Waals surface area contributed by atoms with Gasteiger partial charge in [0, 0.05) is 12.8 Å². The standard InChI is InChI=1S/C13H16ClF3N2O3/c14-9-5-8(13(15,16)17)6-18-12(9)19-10-7-21-3-1-11(10)22-4-2-20/h5-6,10-11,20H,1-4,7H2,(H,18,19)/t10-,11+/m0/s1. The number of aromatic nitrogens is 1. The maximum Gasteiger partial charge on any atom is 0.417 e. The van der Waals surface area contributed by atoms with Crippen LogP contribution in [0, 0.1) is 0 Å². The van der Waals surface area contributed by atoms with Crippen LogP contribution in [0.25, 0.3) is 0 Å². The molecule has 0 amide bonds. The molecular formula is C13H16ClF3N2O3. The van der Waals surface area contributed by atoms with Gasteiger partial charge in [0.1, 0.15) is 5.82 Å². The molecule has 5 nitrogen and oxygen atoms in total. The molecule has 1 aliphatic heterocycles. The number of pyridine rings is 1. The summed E-state index contributed by atoms with van der Waals surface area (Å²) in [5, 5.41) is 11.6. The first kappa shape index (κ1) is 17.3. The number of alkyl halides is 3. The number of aliphatic hydroxyl groups is 1. The fourth-order valence-corrected chi connectivity index (χ4v) is 2.35. The predicted molar refractivity (Wildman–Crippen MR) is 73.9 cm³/mol. The van der Waals surface area contributed by atoms with Gasteiger partial charge in [-0.05, 0) is 12.5 Å². The van der Waals surface area contributed by atoms with E-state index < -0.39 is 11.7 Å². The van der Waals surface area contributed by atoms with Crippen molar-refractivity contribution in [2.75, 3.05) is 31.7 Å². The number of hydrogen-bond acceptors (Lipinski definition) is 5. The summed E-state index contributed by atoms with van der Waals surface area (Å²) in [6, 6.07) is 0.520. The van der Waals surface area contributed by atoms with Crippen LogP contribution in [0.15, 0.2) is 12.3 Å². The Balaban J connectivity index is 2.08. The number of nitrogens with zero attached hydrogens (tertiary/aromatic N) is 1. The monoisotopic (exact) mass is 340 g/mol. The van der Waals surface area contributed by atoms with Crippen molar-refractivity contribution >= 4 is 17.4 Å². The molecule has 1 aromatic heterocycles. The van der Waals surface area contributed by atoms with Gasteiger partial charge in [-0.3, -0.25) is 0 Å². The lowest BCUT2D eigenvalue weighted by atomic mass is 10.1. The fraction of sp³-hybridized carbons (Fsp3) is 0.615. The molecule has 1 aliphatic rings. The largest absolute Gasteiger partial charge is 0.417 e. The number of aliphatic hydroxyl groups excluding tert-OH is 1. The summed E-state index contributed by atoms with van der Waals surface area (Å²) in [5.41, 5.74) is -0.906. The minimum atomic E-state index is -4.49. The molecule has 0 saturated carbocycles. The lowest BCUT2D eigenvalue weighted by Crippen LogP contribution is -2.44. The third kappa shape index (κ3) is 4.45. The topological polar surface area (TPSA) is 63.6 Å². The summed E-state index contributed by atoms with van der Waals surface area (Å²) in [6.07, 6.45) is -3.39. The molecule has 2 rings (SSSR count). The molecule has 0 aromatic carbocycles. The number of rotatable bonds is 5. The minimum absolute atomic E-state index is 0.108. The van der Waals surface area contributed by atoms with Crippen molar-refractivity contribution in [1.82, 2.24) is 4.98 Å². The van der Waals surface area contributed by atoms with Crippen LogP contribution < -0.4 is 5.32 Å². The van der Waals surface area contributed by atoms with E-state index in [1.165, 1.54) is 0 Å². The second-order valence-electron chi connectivity index (χ2n) is 4.80. The molecule has 0 bridgehead atoms. The van der Waals surface area contributed by atoms with Gasteiger partial charge in [0.2, 0.25) is 0 Å². The van der Waals surface area contributed by atoms with Gasteiger partial charge >= 0.3 is 6.18 Å². The summed E-state index contributed by atoms with van der Waals surface area (Å²) < 4.78 is 48.5. The van der Waals surface area contributed by atoms with E-state index in [-0.39, 0.29) is 36.2 Å². The number of halogens is 4. The quantitative estimate of drug-likeness (QED) is 0.861. The molecular weight excluding hydrogens is 325 g/mol. The van der Waals surface area contributed by atoms with Crippen LogP contribution in [-0.4, -0.2) is 48.7 Å². The van der Waals surface area contributed by atoms with Crippen LogP contribution in [0.2, 0.25) is 5.02 Å². The molecule has 1 saturated heterocycles. The van der Waals surface area contributed by atoms with Gasteiger partial charge in [-0.1, -0.05) is 11.6 Å². The smallest absolute Gasteiger partial charge is 0.394 e. The Bertz CT molecular complexity index is 502. The SMILES string of the molecule is OCCO[C@@H]1CCOC[C@@H]1Nc1ncc(C(F)(F)F)cc1Cl. The third-order valence-electron chi connectivity index (χ3n) is 3.21. The second kappa shape index (κ2) is 7.45. The zero-order chi connectivity index (χ0) is 16.2. The van der Waals surface area contributed by atoms with E-state index in [0.717, 1.165) is 12.3 Å². The summed E-state index contributed by atoms with van der Waals surface area (Å²) >= 11 is 5.86. The highest BCUT2D eigenvalue weighted by Gasteiger charge is 2.32. The summed E-state index contributed by atoms with van der Waals surface area (Å²) in [7, 11) is 0. The van der Waals surface area contributed by atoms with Crippen molar-refractivity contribution in [1.29, 1.82) is 0 Å². The Kier molecular flexibility index (Phi) is 5.85. The molecule has 2 atom stereocenters. The van der Waals surface area contributed by atoms with E-state index in [0.29, 0.717) is 19.6 Å². The van der Waals surface area contributed by atoms with E-state index in [2.05, 4.69) is 10.3 Å². The first-order valence-electron chi connectivity index (χ1n) is 6.71. The molecule has 0 radical (unpaired) electrons. The normalized spacial score (nSPS) is 22.6. The maximum atomic E-state index is 12.6. The zero-order valence-corrected chi connectivity index (χ0v) is 12.3. The average Bonchev–Trinajstić information content (AvgIpc) is 2.47. The van der Waals surface area contributed by atoms with E-state index in [1.807, 2.05) is 0 Å². The Morgan fingerprint density at radius 3 is 2.91 bits per heavy atom. The number of nitrogens with one attached hydrogen (secondary N) is 1. The Labute approximate surface area is 130 Å². The minimum Gasteiger partial charge on any atom is -0.394 e. The molecule has 2 N–H and O–H groups in total. The first-order valence-corrected chi connectivity index (χ1v) is 7.09. The van der Waals surface area contributed by atoms with Crippen LogP contribution in [0.1, 0.15) is 12.0 Å². The van der Waals surface area contributed by atoms with E-state index in [9.17, 15) is 13.2 Å². The van der Waals surface area contributed by atoms with Gasteiger partial charge in [0.05, 0.1) is 42.6 Å². The van der Waals surface area contributed by atoms with Crippen molar-refractivity contribution in [2.45, 2.75) is 24.7 Å². The zero-order valence-electron chi connectivity index (χ0n) is 11.6.